The van der Waals surface area contributed by atoms with Crippen molar-refractivity contribution in [3.8, 4) is 17.2 Å². The molecule has 38 heavy (non-hydrogen) atoms. The molecule has 0 spiro atoms. The van der Waals surface area contributed by atoms with Crippen LogP contribution in [0.4, 0.5) is 5.69 Å². The zero-order chi connectivity index (χ0) is 26.4. The van der Waals surface area contributed by atoms with Crippen LogP contribution in [0.5, 0.6) is 11.5 Å². The summed E-state index contributed by atoms with van der Waals surface area (Å²) < 4.78 is 12.4. The number of imide groups is 1. The Morgan fingerprint density at radius 2 is 1.66 bits per heavy atom. The van der Waals surface area contributed by atoms with Gasteiger partial charge in [-0.2, -0.15) is 0 Å². The predicted molar refractivity (Wildman–Crippen MR) is 142 cm³/mol. The number of nitrogens with zero attached hydrogens (tertiary/aromatic N) is 3. The summed E-state index contributed by atoms with van der Waals surface area (Å²) in [4.78, 5) is 45.3. The van der Waals surface area contributed by atoms with Crippen molar-refractivity contribution in [2.45, 2.75) is 39.5 Å². The number of fused-ring (bicyclic) bond motifs is 1. The smallest absolute Gasteiger partial charge is 0.282 e. The molecule has 4 heterocycles. The summed E-state index contributed by atoms with van der Waals surface area (Å²) in [6.45, 7) is 5.59. The molecule has 0 aliphatic carbocycles. The number of anilines is 1. The fourth-order valence-electron chi connectivity index (χ4n) is 5.46. The van der Waals surface area contributed by atoms with E-state index in [0.717, 1.165) is 19.3 Å². The van der Waals surface area contributed by atoms with E-state index in [-0.39, 0.29) is 23.5 Å². The summed E-state index contributed by atoms with van der Waals surface area (Å²) in [6.07, 6.45) is 3.14. The van der Waals surface area contributed by atoms with Gasteiger partial charge in [0.25, 0.3) is 17.4 Å². The maximum absolute atomic E-state index is 14.2. The van der Waals surface area contributed by atoms with Crippen molar-refractivity contribution in [2.75, 3.05) is 24.8 Å². The molecule has 0 saturated carbocycles. The molecule has 1 fully saturated rings. The van der Waals surface area contributed by atoms with Crippen molar-refractivity contribution < 1.29 is 19.1 Å². The van der Waals surface area contributed by atoms with Crippen molar-refractivity contribution in [3.63, 3.8) is 0 Å². The SMILES string of the molecule is CCCc1[nH]n(-c2ccccc2)c(=O)c1C1=C(N2CCC(C)CC2)C(=O)N(c2ccc3c(c2)OCO3)C1=O. The van der Waals surface area contributed by atoms with Gasteiger partial charge < -0.3 is 14.4 Å². The van der Waals surface area contributed by atoms with E-state index in [1.165, 1.54) is 9.58 Å². The van der Waals surface area contributed by atoms with Crippen LogP contribution in [0.3, 0.4) is 0 Å². The first-order valence-electron chi connectivity index (χ1n) is 13.1. The fourth-order valence-corrected chi connectivity index (χ4v) is 5.46. The Balaban J connectivity index is 1.52. The molecule has 1 N–H and O–H groups in total. The summed E-state index contributed by atoms with van der Waals surface area (Å²) in [7, 11) is 0. The van der Waals surface area contributed by atoms with Crippen molar-refractivity contribution in [2.24, 2.45) is 5.92 Å². The van der Waals surface area contributed by atoms with Crippen LogP contribution in [-0.4, -0.2) is 46.4 Å². The second kappa shape index (κ2) is 9.55. The largest absolute Gasteiger partial charge is 0.454 e. The second-order valence-electron chi connectivity index (χ2n) is 10.1. The Labute approximate surface area is 220 Å². The first-order chi connectivity index (χ1) is 18.5. The molecule has 3 aromatic rings. The maximum Gasteiger partial charge on any atom is 0.282 e. The van der Waals surface area contributed by atoms with Gasteiger partial charge in [0, 0.05) is 24.8 Å². The van der Waals surface area contributed by atoms with Crippen LogP contribution in [0.1, 0.15) is 44.4 Å². The Morgan fingerprint density at radius 3 is 2.39 bits per heavy atom. The molecule has 2 aromatic carbocycles. The molecule has 1 saturated heterocycles. The molecule has 3 aliphatic rings. The average molecular weight is 515 g/mol. The molecule has 9 nitrogen and oxygen atoms in total. The quantitative estimate of drug-likeness (QED) is 0.502. The number of likely N-dealkylation sites (tertiary alicyclic amines) is 1. The third kappa shape index (κ3) is 3.89. The number of aryl methyl sites for hydroxylation is 1. The van der Waals surface area contributed by atoms with Gasteiger partial charge in [0.1, 0.15) is 5.70 Å². The third-order valence-corrected chi connectivity index (χ3v) is 7.50. The van der Waals surface area contributed by atoms with E-state index in [1.807, 2.05) is 42.2 Å². The molecule has 0 atom stereocenters. The molecule has 2 amide bonds. The van der Waals surface area contributed by atoms with Crippen LogP contribution in [0, 0.1) is 5.92 Å². The third-order valence-electron chi connectivity index (χ3n) is 7.50. The van der Waals surface area contributed by atoms with Gasteiger partial charge in [0.05, 0.1) is 22.5 Å². The predicted octanol–water partition coefficient (Wildman–Crippen LogP) is 3.86. The van der Waals surface area contributed by atoms with Crippen molar-refractivity contribution in [1.29, 1.82) is 0 Å². The number of piperidine rings is 1. The Kier molecular flexibility index (Phi) is 6.06. The molecular weight excluding hydrogens is 484 g/mol. The van der Waals surface area contributed by atoms with Gasteiger partial charge in [-0.15, -0.1) is 0 Å². The minimum atomic E-state index is -0.504. The summed E-state index contributed by atoms with van der Waals surface area (Å²) in [6, 6.07) is 14.3. The molecule has 6 rings (SSSR count). The number of para-hydroxylation sites is 1. The number of aromatic nitrogens is 2. The number of aromatic amines is 1. The van der Waals surface area contributed by atoms with Gasteiger partial charge >= 0.3 is 0 Å². The van der Waals surface area contributed by atoms with Crippen molar-refractivity contribution in [3.05, 3.63) is 75.8 Å². The number of amides is 2. The number of carbonyl (C=O) groups is 2. The van der Waals surface area contributed by atoms with Gasteiger partial charge in [0.2, 0.25) is 6.79 Å². The van der Waals surface area contributed by atoms with Crippen LogP contribution < -0.4 is 19.9 Å². The van der Waals surface area contributed by atoms with E-state index in [2.05, 4.69) is 12.0 Å². The molecule has 1 aromatic heterocycles. The minimum Gasteiger partial charge on any atom is -0.454 e. The van der Waals surface area contributed by atoms with Gasteiger partial charge in [0.15, 0.2) is 11.5 Å². The Morgan fingerprint density at radius 1 is 0.921 bits per heavy atom. The van der Waals surface area contributed by atoms with Crippen LogP contribution in [0.15, 0.2) is 59.0 Å². The Hall–Kier alpha value is -4.27. The van der Waals surface area contributed by atoms with Gasteiger partial charge in [-0.05, 0) is 49.4 Å². The Bertz CT molecular complexity index is 1490. The summed E-state index contributed by atoms with van der Waals surface area (Å²) in [5.41, 5.74) is 2.09. The molecular formula is C29H30N4O5. The maximum atomic E-state index is 14.2. The molecule has 0 bridgehead atoms. The van der Waals surface area contributed by atoms with E-state index in [1.54, 1.807) is 18.2 Å². The highest BCUT2D eigenvalue weighted by Gasteiger charge is 2.45. The molecule has 0 unspecified atom stereocenters. The van der Waals surface area contributed by atoms with Gasteiger partial charge in [-0.1, -0.05) is 38.5 Å². The number of hydrogen-bond donors (Lipinski definition) is 1. The number of ether oxygens (including phenoxy) is 2. The standard InChI is InChI=1S/C29H30N4O5/c1-3-7-21-24(28(35)33(30-21)19-8-5-4-6-9-19)25-26(31-14-12-18(2)13-15-31)29(36)32(27(25)34)20-10-11-22-23(16-20)38-17-37-22/h4-6,8-11,16,18,30H,3,7,12-15,17H2,1-2H3. The van der Waals surface area contributed by atoms with Crippen LogP contribution in [-0.2, 0) is 16.0 Å². The average Bonchev–Trinajstić information content (AvgIpc) is 3.59. The number of nitrogens with one attached hydrogen (secondary N) is 1. The minimum absolute atomic E-state index is 0.0874. The summed E-state index contributed by atoms with van der Waals surface area (Å²) >= 11 is 0. The number of hydrogen-bond acceptors (Lipinski definition) is 6. The first-order valence-corrected chi connectivity index (χ1v) is 13.1. The lowest BCUT2D eigenvalue weighted by atomic mass is 9.97. The first kappa shape index (κ1) is 24.1. The van der Waals surface area contributed by atoms with Crippen LogP contribution in [0.25, 0.3) is 11.3 Å². The molecule has 3 aliphatic heterocycles. The zero-order valence-electron chi connectivity index (χ0n) is 21.5. The highest BCUT2D eigenvalue weighted by molar-refractivity contribution is 6.45. The van der Waals surface area contributed by atoms with E-state index < -0.39 is 11.8 Å². The van der Waals surface area contributed by atoms with E-state index >= 15 is 0 Å². The topological polar surface area (TPSA) is 96.9 Å². The highest BCUT2D eigenvalue weighted by Crippen LogP contribution is 2.40. The van der Waals surface area contributed by atoms with Gasteiger partial charge in [-0.25, -0.2) is 9.58 Å². The van der Waals surface area contributed by atoms with Crippen LogP contribution >= 0.6 is 0 Å². The monoisotopic (exact) mass is 514 g/mol. The van der Waals surface area contributed by atoms with E-state index in [9.17, 15) is 14.4 Å². The summed E-state index contributed by atoms with van der Waals surface area (Å²) in [5.74, 6) is 0.645. The number of H-pyrrole nitrogens is 1. The van der Waals surface area contributed by atoms with E-state index in [0.29, 0.717) is 59.7 Å². The number of carbonyl (C=O) groups excluding carboxylic acids is 2. The number of rotatable bonds is 6. The molecule has 196 valence electrons. The van der Waals surface area contributed by atoms with Gasteiger partial charge in [-0.3, -0.25) is 19.5 Å². The van der Waals surface area contributed by atoms with E-state index in [4.69, 9.17) is 9.47 Å². The highest BCUT2D eigenvalue weighted by atomic mass is 16.7. The second-order valence-corrected chi connectivity index (χ2v) is 10.1. The molecule has 0 radical (unpaired) electrons. The van der Waals surface area contributed by atoms with Crippen molar-refractivity contribution >= 4 is 23.1 Å². The molecule has 9 heteroatoms. The zero-order valence-corrected chi connectivity index (χ0v) is 21.5. The lowest BCUT2D eigenvalue weighted by molar-refractivity contribution is -0.120. The van der Waals surface area contributed by atoms with Crippen LogP contribution in [0.2, 0.25) is 0 Å². The lowest BCUT2D eigenvalue weighted by Crippen LogP contribution is -2.38. The summed E-state index contributed by atoms with van der Waals surface area (Å²) in [5, 5.41) is 3.23. The lowest BCUT2D eigenvalue weighted by Gasteiger charge is -2.32. The number of benzene rings is 2. The normalized spacial score (nSPS) is 17.7. The van der Waals surface area contributed by atoms with Crippen molar-refractivity contribution in [1.82, 2.24) is 14.7 Å². The fraction of sp³-hybridized carbons (Fsp3) is 0.345.